The molecule has 1 amide bonds. The van der Waals surface area contributed by atoms with Crippen LogP contribution in [0.15, 0.2) is 54.6 Å². The molecular weight excluding hydrogens is 306 g/mol. The third-order valence-electron chi connectivity index (χ3n) is 3.43. The Bertz CT molecular complexity index is 670. The molecule has 126 valence electrons. The van der Waals surface area contributed by atoms with Crippen LogP contribution in [0.3, 0.4) is 0 Å². The highest BCUT2D eigenvalue weighted by Crippen LogP contribution is 2.13. The quantitative estimate of drug-likeness (QED) is 0.755. The first-order valence-electron chi connectivity index (χ1n) is 7.76. The van der Waals surface area contributed by atoms with Gasteiger partial charge in [0.2, 0.25) is 0 Å². The summed E-state index contributed by atoms with van der Waals surface area (Å²) in [6.45, 7) is 0.244. The Balaban J connectivity index is 1.66. The third-order valence-corrected chi connectivity index (χ3v) is 3.43. The maximum atomic E-state index is 11.8. The Labute approximate surface area is 141 Å². The monoisotopic (exact) mass is 327 g/mol. The van der Waals surface area contributed by atoms with E-state index in [2.05, 4.69) is 5.32 Å². The van der Waals surface area contributed by atoms with Crippen molar-refractivity contribution in [3.05, 3.63) is 65.7 Å². The van der Waals surface area contributed by atoms with Crippen LogP contribution in [0.5, 0.6) is 5.75 Å². The van der Waals surface area contributed by atoms with Crippen molar-refractivity contribution in [3.8, 4) is 5.75 Å². The zero-order valence-corrected chi connectivity index (χ0v) is 13.7. The molecule has 24 heavy (non-hydrogen) atoms. The molecule has 0 unspecified atom stereocenters. The Morgan fingerprint density at radius 3 is 2.50 bits per heavy atom. The van der Waals surface area contributed by atoms with Crippen molar-refractivity contribution in [2.75, 3.05) is 20.3 Å². The lowest BCUT2D eigenvalue weighted by Gasteiger charge is -2.07. The molecule has 2 rings (SSSR count). The fourth-order valence-electron chi connectivity index (χ4n) is 2.19. The molecule has 0 aliphatic heterocycles. The molecule has 5 heteroatoms. The van der Waals surface area contributed by atoms with Crippen LogP contribution < -0.4 is 10.1 Å². The molecule has 0 radical (unpaired) electrons. The van der Waals surface area contributed by atoms with Gasteiger partial charge in [0.25, 0.3) is 5.91 Å². The predicted octanol–water partition coefficient (Wildman–Crippen LogP) is 2.14. The number of carbonyl (C=O) groups excluding carboxylic acids is 2. The fraction of sp³-hybridized carbons (Fsp3) is 0.263. The van der Waals surface area contributed by atoms with Crippen molar-refractivity contribution >= 4 is 11.9 Å². The number of rotatable bonds is 8. The third kappa shape index (κ3) is 6.12. The molecule has 0 aliphatic rings. The summed E-state index contributed by atoms with van der Waals surface area (Å²) in [5.41, 5.74) is 1.93. The predicted molar refractivity (Wildman–Crippen MR) is 90.8 cm³/mol. The first-order chi connectivity index (χ1) is 11.7. The number of hydrogen-bond donors (Lipinski definition) is 1. The van der Waals surface area contributed by atoms with Crippen molar-refractivity contribution in [2.24, 2.45) is 0 Å². The first kappa shape index (κ1) is 17.5. The molecule has 0 spiro atoms. The van der Waals surface area contributed by atoms with Gasteiger partial charge in [-0.05, 0) is 29.7 Å². The van der Waals surface area contributed by atoms with Gasteiger partial charge >= 0.3 is 5.97 Å². The van der Waals surface area contributed by atoms with Crippen molar-refractivity contribution in [1.82, 2.24) is 5.32 Å². The zero-order chi connectivity index (χ0) is 17.2. The van der Waals surface area contributed by atoms with E-state index in [9.17, 15) is 9.59 Å². The minimum absolute atomic E-state index is 0.106. The van der Waals surface area contributed by atoms with E-state index < -0.39 is 5.97 Å². The van der Waals surface area contributed by atoms with Gasteiger partial charge in [0.15, 0.2) is 6.61 Å². The van der Waals surface area contributed by atoms with Gasteiger partial charge in [-0.1, -0.05) is 42.5 Å². The van der Waals surface area contributed by atoms with E-state index in [4.69, 9.17) is 9.47 Å². The number of hydrogen-bond acceptors (Lipinski definition) is 4. The largest absolute Gasteiger partial charge is 0.497 e. The van der Waals surface area contributed by atoms with Crippen LogP contribution in [0.4, 0.5) is 0 Å². The standard InChI is InChI=1S/C19H21NO4/c1-23-17-9-5-8-16(12-17)13-19(22)24-14-18(21)20-11-10-15-6-3-2-4-7-15/h2-9,12H,10-11,13-14H2,1H3,(H,20,21). The minimum Gasteiger partial charge on any atom is -0.497 e. The molecule has 0 saturated heterocycles. The van der Waals surface area contributed by atoms with Gasteiger partial charge < -0.3 is 14.8 Å². The summed E-state index contributed by atoms with van der Waals surface area (Å²) in [4.78, 5) is 23.5. The van der Waals surface area contributed by atoms with Gasteiger partial charge in [0.05, 0.1) is 13.5 Å². The normalized spacial score (nSPS) is 10.0. The minimum atomic E-state index is -0.443. The average molecular weight is 327 g/mol. The number of ether oxygens (including phenoxy) is 2. The van der Waals surface area contributed by atoms with E-state index >= 15 is 0 Å². The van der Waals surface area contributed by atoms with Crippen molar-refractivity contribution in [2.45, 2.75) is 12.8 Å². The molecular formula is C19H21NO4. The molecule has 0 bridgehead atoms. The summed E-state index contributed by atoms with van der Waals surface area (Å²) in [5, 5.41) is 2.73. The highest BCUT2D eigenvalue weighted by Gasteiger charge is 2.09. The van der Waals surface area contributed by atoms with Crippen LogP contribution in [0.1, 0.15) is 11.1 Å². The van der Waals surface area contributed by atoms with Crippen LogP contribution in [-0.4, -0.2) is 32.1 Å². The number of amides is 1. The highest BCUT2D eigenvalue weighted by molar-refractivity contribution is 5.81. The van der Waals surface area contributed by atoms with Gasteiger partial charge in [-0.3, -0.25) is 9.59 Å². The van der Waals surface area contributed by atoms with Crippen LogP contribution >= 0.6 is 0 Å². The summed E-state index contributed by atoms with van der Waals surface area (Å²) < 4.78 is 10.1. The second-order valence-corrected chi connectivity index (χ2v) is 5.27. The Kier molecular flexibility index (Phi) is 6.83. The summed E-state index contributed by atoms with van der Waals surface area (Å²) in [6.07, 6.45) is 0.846. The van der Waals surface area contributed by atoms with Crippen molar-refractivity contribution < 1.29 is 19.1 Å². The molecule has 5 nitrogen and oxygen atoms in total. The van der Waals surface area contributed by atoms with E-state index in [1.165, 1.54) is 0 Å². The molecule has 0 aliphatic carbocycles. The zero-order valence-electron chi connectivity index (χ0n) is 13.7. The smallest absolute Gasteiger partial charge is 0.310 e. The van der Waals surface area contributed by atoms with Crippen LogP contribution in [0, 0.1) is 0 Å². The number of methoxy groups -OCH3 is 1. The summed E-state index contributed by atoms with van der Waals surface area (Å²) in [6, 6.07) is 17.0. The van der Waals surface area contributed by atoms with Gasteiger partial charge in [0, 0.05) is 6.54 Å². The topological polar surface area (TPSA) is 64.6 Å². The lowest BCUT2D eigenvalue weighted by atomic mass is 10.1. The van der Waals surface area contributed by atoms with E-state index in [0.29, 0.717) is 12.3 Å². The molecule has 0 aromatic heterocycles. The number of esters is 1. The van der Waals surface area contributed by atoms with Gasteiger partial charge in [-0.25, -0.2) is 0 Å². The fourth-order valence-corrected chi connectivity index (χ4v) is 2.19. The van der Waals surface area contributed by atoms with E-state index in [1.807, 2.05) is 36.4 Å². The molecule has 0 atom stereocenters. The summed E-state index contributed by atoms with van der Waals surface area (Å²) >= 11 is 0. The Morgan fingerprint density at radius 2 is 1.75 bits per heavy atom. The van der Waals surface area contributed by atoms with Crippen LogP contribution in [0.25, 0.3) is 0 Å². The van der Waals surface area contributed by atoms with E-state index in [1.54, 1.807) is 25.3 Å². The van der Waals surface area contributed by atoms with Gasteiger partial charge in [-0.2, -0.15) is 0 Å². The first-order valence-corrected chi connectivity index (χ1v) is 7.76. The van der Waals surface area contributed by atoms with E-state index in [-0.39, 0.29) is 18.9 Å². The molecule has 0 heterocycles. The molecule has 1 N–H and O–H groups in total. The SMILES string of the molecule is COc1cccc(CC(=O)OCC(=O)NCCc2ccccc2)c1. The number of benzene rings is 2. The van der Waals surface area contributed by atoms with Gasteiger partial charge in [0.1, 0.15) is 5.75 Å². The maximum Gasteiger partial charge on any atom is 0.310 e. The number of nitrogens with one attached hydrogen (secondary N) is 1. The summed E-state index contributed by atoms with van der Waals surface area (Å²) in [7, 11) is 1.57. The van der Waals surface area contributed by atoms with Gasteiger partial charge in [-0.15, -0.1) is 0 Å². The lowest BCUT2D eigenvalue weighted by Crippen LogP contribution is -2.30. The average Bonchev–Trinajstić information content (AvgIpc) is 2.61. The number of carbonyl (C=O) groups is 2. The Morgan fingerprint density at radius 1 is 1.00 bits per heavy atom. The van der Waals surface area contributed by atoms with Crippen molar-refractivity contribution in [3.63, 3.8) is 0 Å². The maximum absolute atomic E-state index is 11.8. The summed E-state index contributed by atoms with van der Waals surface area (Å²) in [5.74, 6) is -0.0645. The van der Waals surface area contributed by atoms with Crippen LogP contribution in [-0.2, 0) is 27.2 Å². The second kappa shape index (κ2) is 9.35. The van der Waals surface area contributed by atoms with Crippen molar-refractivity contribution in [1.29, 1.82) is 0 Å². The molecule has 2 aromatic rings. The molecule has 0 saturated carbocycles. The molecule has 0 fully saturated rings. The highest BCUT2D eigenvalue weighted by atomic mass is 16.5. The van der Waals surface area contributed by atoms with Crippen LogP contribution in [0.2, 0.25) is 0 Å². The molecule has 2 aromatic carbocycles. The second-order valence-electron chi connectivity index (χ2n) is 5.27. The van der Waals surface area contributed by atoms with E-state index in [0.717, 1.165) is 17.5 Å². The Hall–Kier alpha value is -2.82. The lowest BCUT2D eigenvalue weighted by molar-refractivity contribution is -0.147.